The van der Waals surface area contributed by atoms with Crippen molar-refractivity contribution >= 4 is 47.4 Å². The van der Waals surface area contributed by atoms with Crippen LogP contribution in [-0.4, -0.2) is 86.9 Å². The van der Waals surface area contributed by atoms with E-state index in [1.807, 2.05) is 10.6 Å². The van der Waals surface area contributed by atoms with Crippen molar-refractivity contribution < 1.29 is 53.7 Å². The summed E-state index contributed by atoms with van der Waals surface area (Å²) in [7, 11) is 0. The minimum Gasteiger partial charge on any atom is -0.481 e. The quantitative estimate of drug-likeness (QED) is 0.0981. The summed E-state index contributed by atoms with van der Waals surface area (Å²) in [4.78, 5) is 92.2. The van der Waals surface area contributed by atoms with Crippen molar-refractivity contribution in [3.63, 3.8) is 0 Å². The molecule has 0 fully saturated rings. The first-order valence-corrected chi connectivity index (χ1v) is 9.53. The lowest BCUT2D eigenvalue weighted by Crippen LogP contribution is -2.58. The van der Waals surface area contributed by atoms with Crippen molar-refractivity contribution in [3.8, 4) is 0 Å². The molecule has 0 heterocycles. The number of aliphatic carboxylic acids is 3. The van der Waals surface area contributed by atoms with Crippen LogP contribution < -0.4 is 33.2 Å². The fourth-order valence-electron chi connectivity index (χ4n) is 2.45. The normalized spacial score (nSPS) is 13.9. The molecule has 0 aliphatic rings. The van der Waals surface area contributed by atoms with Crippen molar-refractivity contribution in [1.29, 1.82) is 0 Å². The number of nitrogens with one attached hydrogen (secondary N) is 3. The summed E-state index contributed by atoms with van der Waals surface area (Å²) in [6.07, 6.45) is -3.60. The smallest absolute Gasteiger partial charge is 0.326 e. The second kappa shape index (κ2) is 14.0. The standard InChI is InChI=1S/C17H26N6O11/c18-6(3-13(28)29)14(30)21-7(1-2-12(26)27)15(31)22-8(4-10(19)24)16(32)23-9(17(33)34)5-11(20)25/h6-9H,1-5,18H2,(H2,19,24)(H2,20,25)(H,21,30)(H,22,31)(H,23,32)(H,26,27)(H,28,29)(H,33,34). The minimum atomic E-state index is -1.80. The zero-order chi connectivity index (χ0) is 26.6. The Bertz CT molecular complexity index is 846. The van der Waals surface area contributed by atoms with Gasteiger partial charge in [-0.05, 0) is 6.42 Å². The highest BCUT2D eigenvalue weighted by Gasteiger charge is 2.32. The van der Waals surface area contributed by atoms with Gasteiger partial charge in [0.1, 0.15) is 18.1 Å². The van der Waals surface area contributed by atoms with Gasteiger partial charge in [0.05, 0.1) is 25.3 Å². The second-order valence-corrected chi connectivity index (χ2v) is 7.00. The first-order chi connectivity index (χ1) is 15.6. The Balaban J connectivity index is 5.62. The van der Waals surface area contributed by atoms with E-state index in [2.05, 4.69) is 5.32 Å². The van der Waals surface area contributed by atoms with Crippen molar-refractivity contribution in [2.75, 3.05) is 0 Å². The second-order valence-electron chi connectivity index (χ2n) is 7.00. The first kappa shape index (κ1) is 29.7. The van der Waals surface area contributed by atoms with Crippen LogP contribution in [0.1, 0.15) is 32.1 Å². The molecule has 190 valence electrons. The van der Waals surface area contributed by atoms with E-state index in [9.17, 15) is 38.4 Å². The molecule has 4 unspecified atom stereocenters. The monoisotopic (exact) mass is 490 g/mol. The molecule has 0 rings (SSSR count). The van der Waals surface area contributed by atoms with Gasteiger partial charge in [-0.15, -0.1) is 0 Å². The number of carboxylic acids is 3. The van der Waals surface area contributed by atoms with Crippen LogP contribution in [0.4, 0.5) is 0 Å². The van der Waals surface area contributed by atoms with Crippen LogP contribution in [0.3, 0.4) is 0 Å². The third-order valence-electron chi connectivity index (χ3n) is 4.07. The van der Waals surface area contributed by atoms with Crippen LogP contribution in [0.25, 0.3) is 0 Å². The average molecular weight is 490 g/mol. The zero-order valence-electron chi connectivity index (χ0n) is 17.7. The van der Waals surface area contributed by atoms with Gasteiger partial charge in [-0.25, -0.2) is 4.79 Å². The summed E-state index contributed by atoms with van der Waals surface area (Å²) < 4.78 is 0. The Morgan fingerprint density at radius 2 is 1.06 bits per heavy atom. The summed E-state index contributed by atoms with van der Waals surface area (Å²) in [6, 6.07) is -6.80. The molecule has 0 radical (unpaired) electrons. The Kier molecular flexibility index (Phi) is 12.2. The molecule has 0 aromatic heterocycles. The predicted octanol–water partition coefficient (Wildman–Crippen LogP) is -5.06. The van der Waals surface area contributed by atoms with E-state index in [0.717, 1.165) is 0 Å². The zero-order valence-corrected chi connectivity index (χ0v) is 17.7. The maximum Gasteiger partial charge on any atom is 0.326 e. The summed E-state index contributed by atoms with van der Waals surface area (Å²) in [5.41, 5.74) is 15.4. The molecular formula is C17H26N6O11. The maximum atomic E-state index is 12.6. The summed E-state index contributed by atoms with van der Waals surface area (Å²) in [5, 5.41) is 32.6. The minimum absolute atomic E-state index is 0.517. The van der Waals surface area contributed by atoms with Gasteiger partial charge in [-0.2, -0.15) is 0 Å². The lowest BCUT2D eigenvalue weighted by molar-refractivity contribution is -0.144. The van der Waals surface area contributed by atoms with Crippen LogP contribution in [0.15, 0.2) is 0 Å². The molecule has 0 saturated heterocycles. The van der Waals surface area contributed by atoms with Crippen LogP contribution in [0.5, 0.6) is 0 Å². The molecule has 0 aromatic carbocycles. The average Bonchev–Trinajstić information content (AvgIpc) is 2.68. The Labute approximate surface area is 191 Å². The fraction of sp³-hybridized carbons (Fsp3) is 0.529. The molecule has 0 aliphatic carbocycles. The number of carboxylic acid groups (broad SMARTS) is 3. The van der Waals surface area contributed by atoms with Gasteiger partial charge in [-0.1, -0.05) is 0 Å². The molecule has 0 aliphatic heterocycles. The number of carbonyl (C=O) groups excluding carboxylic acids is 5. The van der Waals surface area contributed by atoms with Crippen LogP contribution >= 0.6 is 0 Å². The third-order valence-corrected chi connectivity index (χ3v) is 4.07. The Morgan fingerprint density at radius 3 is 1.50 bits per heavy atom. The largest absolute Gasteiger partial charge is 0.481 e. The molecule has 0 bridgehead atoms. The highest BCUT2D eigenvalue weighted by molar-refractivity contribution is 5.97. The van der Waals surface area contributed by atoms with Crippen LogP contribution in [0.2, 0.25) is 0 Å². The number of hydrogen-bond acceptors (Lipinski definition) is 9. The SMILES string of the molecule is NC(=O)CC(NC(=O)C(CC(N)=O)NC(=O)C(CCC(=O)O)NC(=O)C(N)CC(=O)O)C(=O)O. The molecule has 17 nitrogen and oxygen atoms in total. The number of hydrogen-bond donors (Lipinski definition) is 9. The van der Waals surface area contributed by atoms with Gasteiger partial charge in [-0.3, -0.25) is 33.6 Å². The molecule has 0 spiro atoms. The molecule has 12 N–H and O–H groups in total. The van der Waals surface area contributed by atoms with Gasteiger partial charge < -0.3 is 48.5 Å². The highest BCUT2D eigenvalue weighted by atomic mass is 16.4. The van der Waals surface area contributed by atoms with E-state index >= 15 is 0 Å². The maximum absolute atomic E-state index is 12.6. The molecule has 0 saturated carbocycles. The van der Waals surface area contributed by atoms with E-state index in [1.165, 1.54) is 0 Å². The van der Waals surface area contributed by atoms with Crippen LogP contribution in [-0.2, 0) is 38.4 Å². The third kappa shape index (κ3) is 11.9. The number of primary amides is 2. The Morgan fingerprint density at radius 1 is 0.618 bits per heavy atom. The van der Waals surface area contributed by atoms with Crippen molar-refractivity contribution in [2.24, 2.45) is 17.2 Å². The molecule has 17 heteroatoms. The lowest BCUT2D eigenvalue weighted by atomic mass is 10.1. The van der Waals surface area contributed by atoms with E-state index < -0.39 is 104 Å². The molecule has 0 aromatic rings. The fourth-order valence-corrected chi connectivity index (χ4v) is 2.45. The molecule has 4 atom stereocenters. The summed E-state index contributed by atoms with van der Waals surface area (Å²) in [5.74, 6) is -10.1. The van der Waals surface area contributed by atoms with Crippen molar-refractivity contribution in [2.45, 2.75) is 56.3 Å². The number of rotatable bonds is 16. The summed E-state index contributed by atoms with van der Waals surface area (Å²) in [6.45, 7) is 0. The Hall–Kier alpha value is -4.28. The van der Waals surface area contributed by atoms with Gasteiger partial charge >= 0.3 is 17.9 Å². The van der Waals surface area contributed by atoms with E-state index in [1.54, 1.807) is 0 Å². The van der Waals surface area contributed by atoms with E-state index in [-0.39, 0.29) is 0 Å². The number of amides is 5. The van der Waals surface area contributed by atoms with Crippen LogP contribution in [0, 0.1) is 0 Å². The van der Waals surface area contributed by atoms with Gasteiger partial charge in [0.25, 0.3) is 0 Å². The molecule has 5 amide bonds. The molecule has 34 heavy (non-hydrogen) atoms. The molecular weight excluding hydrogens is 464 g/mol. The van der Waals surface area contributed by atoms with Crippen molar-refractivity contribution in [3.05, 3.63) is 0 Å². The van der Waals surface area contributed by atoms with E-state index in [0.29, 0.717) is 0 Å². The summed E-state index contributed by atoms with van der Waals surface area (Å²) >= 11 is 0. The number of carbonyl (C=O) groups is 8. The van der Waals surface area contributed by atoms with Crippen molar-refractivity contribution in [1.82, 2.24) is 16.0 Å². The van der Waals surface area contributed by atoms with E-state index in [4.69, 9.17) is 32.5 Å². The first-order valence-electron chi connectivity index (χ1n) is 9.53. The van der Waals surface area contributed by atoms with Gasteiger partial charge in [0, 0.05) is 6.42 Å². The topological polar surface area (TPSA) is 311 Å². The highest BCUT2D eigenvalue weighted by Crippen LogP contribution is 2.03. The predicted molar refractivity (Wildman–Crippen MR) is 108 cm³/mol. The lowest BCUT2D eigenvalue weighted by Gasteiger charge is -2.24. The number of nitrogens with two attached hydrogens (primary N) is 3. The van der Waals surface area contributed by atoms with Gasteiger partial charge in [0.15, 0.2) is 0 Å². The van der Waals surface area contributed by atoms with Gasteiger partial charge in [0.2, 0.25) is 29.5 Å².